The molecule has 0 saturated heterocycles. The first kappa shape index (κ1) is 17.8. The number of hydrogen-bond donors (Lipinski definition) is 1. The van der Waals surface area contributed by atoms with Crippen molar-refractivity contribution in [1.82, 2.24) is 4.90 Å². The summed E-state index contributed by atoms with van der Waals surface area (Å²) >= 11 is 0. The van der Waals surface area contributed by atoms with E-state index in [0.717, 1.165) is 49.1 Å². The topological polar surface area (TPSA) is 32.7 Å². The maximum atomic E-state index is 11.4. The van der Waals surface area contributed by atoms with Crippen molar-refractivity contribution in [2.24, 2.45) is 5.92 Å². The van der Waals surface area contributed by atoms with Gasteiger partial charge in [-0.3, -0.25) is 0 Å². The van der Waals surface area contributed by atoms with E-state index in [1.807, 2.05) is 24.3 Å². The van der Waals surface area contributed by atoms with Gasteiger partial charge in [0.25, 0.3) is 0 Å². The highest BCUT2D eigenvalue weighted by molar-refractivity contribution is 5.57. The minimum absolute atomic E-state index is 0.182. The normalized spacial score (nSPS) is 27.0. The lowest BCUT2D eigenvalue weighted by Gasteiger charge is -2.36. The highest BCUT2D eigenvalue weighted by atomic mass is 16.5. The van der Waals surface area contributed by atoms with Crippen LogP contribution in [-0.2, 0) is 0 Å². The third-order valence-electron chi connectivity index (χ3n) is 4.74. The molecule has 3 heteroatoms. The maximum absolute atomic E-state index is 11.4. The average molecular weight is 315 g/mol. The summed E-state index contributed by atoms with van der Waals surface area (Å²) in [6, 6.07) is 7.96. The molecule has 1 fully saturated rings. The fraction of sp³-hybridized carbons (Fsp3) is 0.500. The van der Waals surface area contributed by atoms with E-state index >= 15 is 0 Å². The lowest BCUT2D eigenvalue weighted by Crippen LogP contribution is -2.42. The van der Waals surface area contributed by atoms with Crippen LogP contribution >= 0.6 is 0 Å². The molecule has 0 spiro atoms. The second-order valence-electron chi connectivity index (χ2n) is 6.68. The Morgan fingerprint density at radius 1 is 1.30 bits per heavy atom. The molecule has 3 nitrogen and oxygen atoms in total. The van der Waals surface area contributed by atoms with Gasteiger partial charge in [0.1, 0.15) is 11.4 Å². The van der Waals surface area contributed by atoms with Crippen molar-refractivity contribution < 1.29 is 9.84 Å². The van der Waals surface area contributed by atoms with Crippen molar-refractivity contribution in [3.05, 3.63) is 48.1 Å². The van der Waals surface area contributed by atoms with Gasteiger partial charge in [-0.05, 0) is 56.6 Å². The van der Waals surface area contributed by atoms with Crippen LogP contribution in [-0.4, -0.2) is 43.4 Å². The molecule has 23 heavy (non-hydrogen) atoms. The van der Waals surface area contributed by atoms with Crippen molar-refractivity contribution in [3.8, 4) is 5.75 Å². The third kappa shape index (κ3) is 4.24. The Balaban J connectivity index is 2.35. The molecule has 126 valence electrons. The third-order valence-corrected chi connectivity index (χ3v) is 4.74. The predicted molar refractivity (Wildman–Crippen MR) is 96.6 cm³/mol. The standard InChI is InChI=1S/C20H29NO2/c1-5-20(22)17(8-6-7-9-18(20)15-21(2)3)14-16-10-12-19(23-4)13-11-16/h5,10-14,18,22H,1,6-9,15H2,2-4H3. The summed E-state index contributed by atoms with van der Waals surface area (Å²) in [6.07, 6.45) is 8.06. The van der Waals surface area contributed by atoms with Gasteiger partial charge in [-0.15, -0.1) is 0 Å². The van der Waals surface area contributed by atoms with Crippen LogP contribution in [0.3, 0.4) is 0 Å². The lowest BCUT2D eigenvalue weighted by atomic mass is 9.79. The summed E-state index contributed by atoms with van der Waals surface area (Å²) in [5, 5.41) is 11.4. The van der Waals surface area contributed by atoms with Crippen LogP contribution in [0.15, 0.2) is 42.5 Å². The van der Waals surface area contributed by atoms with Crippen LogP contribution in [0.4, 0.5) is 0 Å². The molecule has 2 atom stereocenters. The number of ether oxygens (including phenoxy) is 1. The lowest BCUT2D eigenvalue weighted by molar-refractivity contribution is 0.0485. The summed E-state index contributed by atoms with van der Waals surface area (Å²) in [6.45, 7) is 4.81. The van der Waals surface area contributed by atoms with Crippen molar-refractivity contribution in [3.63, 3.8) is 0 Å². The average Bonchev–Trinajstić information content (AvgIpc) is 2.69. The zero-order valence-corrected chi connectivity index (χ0v) is 14.6. The summed E-state index contributed by atoms with van der Waals surface area (Å²) in [5.74, 6) is 1.03. The first-order valence-corrected chi connectivity index (χ1v) is 8.35. The number of methoxy groups -OCH3 is 1. The Morgan fingerprint density at radius 3 is 2.57 bits per heavy atom. The van der Waals surface area contributed by atoms with Gasteiger partial charge in [0.15, 0.2) is 0 Å². The number of aliphatic hydroxyl groups is 1. The van der Waals surface area contributed by atoms with Gasteiger partial charge >= 0.3 is 0 Å². The van der Waals surface area contributed by atoms with Gasteiger partial charge in [0.2, 0.25) is 0 Å². The molecular formula is C20H29NO2. The Labute approximate surface area is 140 Å². The Hall–Kier alpha value is -1.58. The van der Waals surface area contributed by atoms with Crippen LogP contribution in [0.1, 0.15) is 31.2 Å². The molecule has 0 radical (unpaired) electrons. The van der Waals surface area contributed by atoms with Crippen LogP contribution in [0, 0.1) is 5.92 Å². The first-order valence-electron chi connectivity index (χ1n) is 8.35. The van der Waals surface area contributed by atoms with Crippen LogP contribution in [0.2, 0.25) is 0 Å². The van der Waals surface area contributed by atoms with E-state index in [2.05, 4.69) is 31.7 Å². The second-order valence-corrected chi connectivity index (χ2v) is 6.68. The van der Waals surface area contributed by atoms with Crippen molar-refractivity contribution in [1.29, 1.82) is 0 Å². The predicted octanol–water partition coefficient (Wildman–Crippen LogP) is 3.75. The molecule has 0 amide bonds. The zero-order chi connectivity index (χ0) is 16.9. The van der Waals surface area contributed by atoms with Gasteiger partial charge in [0.05, 0.1) is 7.11 Å². The minimum Gasteiger partial charge on any atom is -0.497 e. The largest absolute Gasteiger partial charge is 0.497 e. The minimum atomic E-state index is -0.930. The molecule has 2 rings (SSSR count). The molecule has 2 unspecified atom stereocenters. The molecule has 1 aliphatic carbocycles. The molecule has 1 aromatic rings. The van der Waals surface area contributed by atoms with Crippen LogP contribution < -0.4 is 4.74 Å². The summed E-state index contributed by atoms with van der Waals surface area (Å²) in [7, 11) is 5.78. The molecule has 1 aromatic carbocycles. The quantitative estimate of drug-likeness (QED) is 0.663. The van der Waals surface area contributed by atoms with E-state index < -0.39 is 5.60 Å². The molecule has 0 heterocycles. The number of rotatable bonds is 5. The van der Waals surface area contributed by atoms with Crippen molar-refractivity contribution >= 4 is 6.08 Å². The fourth-order valence-electron chi connectivity index (χ4n) is 3.45. The summed E-state index contributed by atoms with van der Waals surface area (Å²) < 4.78 is 5.21. The maximum Gasteiger partial charge on any atom is 0.118 e. The van der Waals surface area contributed by atoms with E-state index in [9.17, 15) is 5.11 Å². The smallest absolute Gasteiger partial charge is 0.118 e. The Kier molecular flexibility index (Phi) is 6.03. The van der Waals surface area contributed by atoms with E-state index in [1.54, 1.807) is 13.2 Å². The van der Waals surface area contributed by atoms with Gasteiger partial charge < -0.3 is 14.7 Å². The number of benzene rings is 1. The number of nitrogens with zero attached hydrogens (tertiary/aromatic N) is 1. The number of hydrogen-bond acceptors (Lipinski definition) is 3. The summed E-state index contributed by atoms with van der Waals surface area (Å²) in [5.41, 5.74) is 1.23. The molecule has 0 aromatic heterocycles. The highest BCUT2D eigenvalue weighted by Crippen LogP contribution is 2.39. The van der Waals surface area contributed by atoms with Crippen molar-refractivity contribution in [2.45, 2.75) is 31.3 Å². The Bertz CT molecular complexity index is 547. The molecule has 1 aliphatic rings. The fourth-order valence-corrected chi connectivity index (χ4v) is 3.45. The Morgan fingerprint density at radius 2 is 2.00 bits per heavy atom. The summed E-state index contributed by atoms with van der Waals surface area (Å²) in [4.78, 5) is 2.15. The van der Waals surface area contributed by atoms with Gasteiger partial charge in [0, 0.05) is 12.5 Å². The van der Waals surface area contributed by atoms with Crippen LogP contribution in [0.5, 0.6) is 5.75 Å². The van der Waals surface area contributed by atoms with Crippen molar-refractivity contribution in [2.75, 3.05) is 27.7 Å². The highest BCUT2D eigenvalue weighted by Gasteiger charge is 2.38. The second kappa shape index (κ2) is 7.80. The van der Waals surface area contributed by atoms with Crippen LogP contribution in [0.25, 0.3) is 6.08 Å². The first-order chi connectivity index (χ1) is 11.0. The van der Waals surface area contributed by atoms with E-state index in [0.29, 0.717) is 0 Å². The molecular weight excluding hydrogens is 286 g/mol. The SMILES string of the molecule is C=CC1(O)C(=Cc2ccc(OC)cc2)CCCCC1CN(C)C. The van der Waals surface area contributed by atoms with Gasteiger partial charge in [-0.25, -0.2) is 0 Å². The van der Waals surface area contributed by atoms with Gasteiger partial charge in [-0.2, -0.15) is 0 Å². The molecule has 1 N–H and O–H groups in total. The zero-order valence-electron chi connectivity index (χ0n) is 14.6. The molecule has 1 saturated carbocycles. The van der Waals surface area contributed by atoms with E-state index in [-0.39, 0.29) is 5.92 Å². The van der Waals surface area contributed by atoms with Gasteiger partial charge in [-0.1, -0.05) is 37.3 Å². The monoisotopic (exact) mass is 315 g/mol. The van der Waals surface area contributed by atoms with E-state index in [1.165, 1.54) is 0 Å². The molecule has 0 bridgehead atoms. The van der Waals surface area contributed by atoms with E-state index in [4.69, 9.17) is 4.74 Å². The molecule has 0 aliphatic heterocycles.